The van der Waals surface area contributed by atoms with E-state index in [1.165, 1.54) is 30.1 Å². The highest BCUT2D eigenvalue weighted by atomic mass is 35.5. The zero-order valence-corrected chi connectivity index (χ0v) is 22.8. The Labute approximate surface area is 225 Å². The van der Waals surface area contributed by atoms with E-state index < -0.39 is 5.91 Å². The van der Waals surface area contributed by atoms with E-state index in [1.54, 1.807) is 12.1 Å². The molecule has 0 aliphatic carbocycles. The molecule has 0 saturated heterocycles. The number of hydrogen-bond acceptors (Lipinski definition) is 8. The number of ether oxygens (including phenoxy) is 3. The molecule has 2 aromatic carbocycles. The van der Waals surface area contributed by atoms with Gasteiger partial charge in [0.25, 0.3) is 5.91 Å². The number of methoxy groups -OCH3 is 1. The van der Waals surface area contributed by atoms with Crippen LogP contribution in [0.5, 0.6) is 17.2 Å². The van der Waals surface area contributed by atoms with Gasteiger partial charge < -0.3 is 14.2 Å². The van der Waals surface area contributed by atoms with Crippen LogP contribution >= 0.6 is 22.9 Å². The highest BCUT2D eigenvalue weighted by Gasteiger charge is 2.16. The summed E-state index contributed by atoms with van der Waals surface area (Å²) in [6.45, 7) is 6.86. The number of carbonyl (C=O) groups is 1. The van der Waals surface area contributed by atoms with E-state index in [0.29, 0.717) is 41.1 Å². The molecule has 1 aromatic heterocycles. The molecule has 0 aliphatic heterocycles. The van der Waals surface area contributed by atoms with Crippen molar-refractivity contribution in [1.29, 1.82) is 5.26 Å². The van der Waals surface area contributed by atoms with Gasteiger partial charge in [0.1, 0.15) is 35.6 Å². The number of rotatable bonds is 12. The number of nitrogens with zero attached hydrogens (tertiary/aromatic N) is 3. The first kappa shape index (κ1) is 28.0. The van der Waals surface area contributed by atoms with Crippen molar-refractivity contribution in [3.05, 3.63) is 63.1 Å². The van der Waals surface area contributed by atoms with Crippen LogP contribution in [-0.4, -0.2) is 36.4 Å². The fraction of sp³-hybridized carbons (Fsp3) is 0.333. The summed E-state index contributed by atoms with van der Waals surface area (Å²) in [6, 6.07) is 13.2. The number of aryl methyl sites for hydroxylation is 1. The van der Waals surface area contributed by atoms with Crippen LogP contribution in [0, 0.1) is 11.3 Å². The van der Waals surface area contributed by atoms with Crippen LogP contribution in [0.3, 0.4) is 0 Å². The summed E-state index contributed by atoms with van der Waals surface area (Å²) in [6.07, 6.45) is 3.21. The van der Waals surface area contributed by atoms with Gasteiger partial charge in [0.2, 0.25) is 5.13 Å². The van der Waals surface area contributed by atoms with E-state index in [2.05, 4.69) is 41.5 Å². The summed E-state index contributed by atoms with van der Waals surface area (Å²) in [5.74, 6) is 1.39. The van der Waals surface area contributed by atoms with Gasteiger partial charge >= 0.3 is 0 Å². The molecule has 1 heterocycles. The summed E-state index contributed by atoms with van der Waals surface area (Å²) in [4.78, 5) is 12.5. The first-order valence-corrected chi connectivity index (χ1v) is 13.1. The lowest BCUT2D eigenvalue weighted by Crippen LogP contribution is -2.13. The number of anilines is 1. The van der Waals surface area contributed by atoms with E-state index in [-0.39, 0.29) is 17.2 Å². The van der Waals surface area contributed by atoms with E-state index in [1.807, 2.05) is 25.1 Å². The quantitative estimate of drug-likeness (QED) is 0.164. The molecule has 1 unspecified atom stereocenters. The standard InChI is InChI=1S/C27H29ClN4O4S/c1-5-17(3)19-7-9-21(10-8-19)35-11-12-36-25-22(28)14-18(15-23(25)34-4)13-20(16-29)26(33)30-27-32-31-24(6-2)37-27/h7-10,13-15,17H,5-6,11-12H2,1-4H3,(H,30,32,33)/b20-13-. The average molecular weight is 541 g/mol. The Balaban J connectivity index is 1.63. The normalized spacial score (nSPS) is 11.9. The lowest BCUT2D eigenvalue weighted by atomic mass is 9.99. The molecule has 10 heteroatoms. The number of nitrogens with one attached hydrogen (secondary N) is 1. The van der Waals surface area contributed by atoms with Gasteiger partial charge in [0.15, 0.2) is 11.5 Å². The fourth-order valence-electron chi connectivity index (χ4n) is 3.32. The van der Waals surface area contributed by atoms with Gasteiger partial charge in [-0.2, -0.15) is 5.26 Å². The number of hydrogen-bond donors (Lipinski definition) is 1. The van der Waals surface area contributed by atoms with Crippen molar-refractivity contribution in [3.8, 4) is 23.3 Å². The number of carbonyl (C=O) groups excluding carboxylic acids is 1. The van der Waals surface area contributed by atoms with Crippen molar-refractivity contribution in [1.82, 2.24) is 10.2 Å². The molecule has 1 N–H and O–H groups in total. The van der Waals surface area contributed by atoms with E-state index >= 15 is 0 Å². The van der Waals surface area contributed by atoms with Crippen LogP contribution in [-0.2, 0) is 11.2 Å². The van der Waals surface area contributed by atoms with Crippen LogP contribution in [0.1, 0.15) is 49.2 Å². The summed E-state index contributed by atoms with van der Waals surface area (Å²) in [5, 5.41) is 21.4. The molecular weight excluding hydrogens is 512 g/mol. The van der Waals surface area contributed by atoms with Crippen LogP contribution < -0.4 is 19.5 Å². The largest absolute Gasteiger partial charge is 0.493 e. The molecule has 3 rings (SSSR count). The highest BCUT2D eigenvalue weighted by molar-refractivity contribution is 7.15. The molecule has 8 nitrogen and oxygen atoms in total. The number of nitriles is 1. The third-order valence-corrected chi connectivity index (χ3v) is 6.84. The minimum absolute atomic E-state index is 0.118. The van der Waals surface area contributed by atoms with Crippen molar-refractivity contribution < 1.29 is 19.0 Å². The second kappa shape index (κ2) is 13.6. The van der Waals surface area contributed by atoms with Gasteiger partial charge in [-0.05, 0) is 60.2 Å². The van der Waals surface area contributed by atoms with Crippen LogP contribution in [0.2, 0.25) is 5.02 Å². The summed E-state index contributed by atoms with van der Waals surface area (Å²) in [5.41, 5.74) is 1.66. The third kappa shape index (κ3) is 7.68. The van der Waals surface area contributed by atoms with Crippen molar-refractivity contribution in [3.63, 3.8) is 0 Å². The van der Waals surface area contributed by atoms with E-state index in [0.717, 1.165) is 17.2 Å². The van der Waals surface area contributed by atoms with Crippen molar-refractivity contribution in [2.75, 3.05) is 25.6 Å². The molecule has 0 spiro atoms. The molecule has 0 aliphatic rings. The Bertz CT molecular complexity index is 1280. The van der Waals surface area contributed by atoms with Gasteiger partial charge in [-0.1, -0.05) is 55.8 Å². The Morgan fingerprint density at radius 1 is 1.19 bits per heavy atom. The van der Waals surface area contributed by atoms with Gasteiger partial charge in [-0.3, -0.25) is 10.1 Å². The zero-order chi connectivity index (χ0) is 26.8. The molecule has 0 bridgehead atoms. The van der Waals surface area contributed by atoms with Crippen molar-refractivity contribution in [2.45, 2.75) is 39.5 Å². The molecular formula is C27H29ClN4O4S. The molecule has 37 heavy (non-hydrogen) atoms. The van der Waals surface area contributed by atoms with Crippen molar-refractivity contribution in [2.24, 2.45) is 0 Å². The first-order chi connectivity index (χ1) is 17.9. The molecule has 1 amide bonds. The minimum Gasteiger partial charge on any atom is -0.493 e. The smallest absolute Gasteiger partial charge is 0.268 e. The Kier molecular flexibility index (Phi) is 10.3. The number of aromatic nitrogens is 2. The number of amides is 1. The maximum absolute atomic E-state index is 12.5. The molecule has 0 radical (unpaired) electrons. The SMILES string of the molecule is CCc1nnc(NC(=O)/C(C#N)=C\c2cc(Cl)c(OCCOc3ccc(C(C)CC)cc3)c(OC)c2)s1. The molecule has 194 valence electrons. The monoisotopic (exact) mass is 540 g/mol. The Morgan fingerprint density at radius 3 is 2.54 bits per heavy atom. The number of halogens is 1. The molecule has 3 aromatic rings. The average Bonchev–Trinajstić information content (AvgIpc) is 3.37. The molecule has 1 atom stereocenters. The highest BCUT2D eigenvalue weighted by Crippen LogP contribution is 2.37. The topological polar surface area (TPSA) is 106 Å². The minimum atomic E-state index is -0.592. The fourth-order valence-corrected chi connectivity index (χ4v) is 4.27. The van der Waals surface area contributed by atoms with Crippen molar-refractivity contribution >= 4 is 40.1 Å². The Hall–Kier alpha value is -3.61. The molecule has 0 saturated carbocycles. The van der Waals surface area contributed by atoms with Crippen LogP contribution in [0.4, 0.5) is 5.13 Å². The van der Waals surface area contributed by atoms with E-state index in [9.17, 15) is 10.1 Å². The lowest BCUT2D eigenvalue weighted by molar-refractivity contribution is -0.112. The summed E-state index contributed by atoms with van der Waals surface area (Å²) in [7, 11) is 1.49. The van der Waals surface area contributed by atoms with Crippen LogP contribution in [0.15, 0.2) is 42.0 Å². The predicted octanol–water partition coefficient (Wildman–Crippen LogP) is 6.28. The summed E-state index contributed by atoms with van der Waals surface area (Å²) >= 11 is 7.71. The van der Waals surface area contributed by atoms with Gasteiger partial charge in [-0.25, -0.2) is 0 Å². The van der Waals surface area contributed by atoms with E-state index in [4.69, 9.17) is 25.8 Å². The predicted molar refractivity (Wildman–Crippen MR) is 146 cm³/mol. The second-order valence-corrected chi connectivity index (χ2v) is 9.56. The van der Waals surface area contributed by atoms with Gasteiger partial charge in [-0.15, -0.1) is 10.2 Å². The zero-order valence-electron chi connectivity index (χ0n) is 21.2. The molecule has 0 fully saturated rings. The van der Waals surface area contributed by atoms with Gasteiger partial charge in [0, 0.05) is 0 Å². The first-order valence-electron chi connectivity index (χ1n) is 11.9. The summed E-state index contributed by atoms with van der Waals surface area (Å²) < 4.78 is 17.0. The maximum Gasteiger partial charge on any atom is 0.268 e. The lowest BCUT2D eigenvalue weighted by Gasteiger charge is -2.14. The number of benzene rings is 2. The second-order valence-electron chi connectivity index (χ2n) is 8.09. The van der Waals surface area contributed by atoms with Gasteiger partial charge in [0.05, 0.1) is 12.1 Å². The Morgan fingerprint density at radius 2 is 1.92 bits per heavy atom. The third-order valence-electron chi connectivity index (χ3n) is 5.58. The maximum atomic E-state index is 12.5. The van der Waals surface area contributed by atoms with Crippen LogP contribution in [0.25, 0.3) is 6.08 Å².